The van der Waals surface area contributed by atoms with Gasteiger partial charge in [-0.25, -0.2) is 9.37 Å². The summed E-state index contributed by atoms with van der Waals surface area (Å²) >= 11 is 0. The fourth-order valence-corrected chi connectivity index (χ4v) is 1.78. The first-order chi connectivity index (χ1) is 9.52. The highest BCUT2D eigenvalue weighted by atomic mass is 19.1. The quantitative estimate of drug-likeness (QED) is 0.680. The van der Waals surface area contributed by atoms with Crippen LogP contribution in [0.2, 0.25) is 0 Å². The third-order valence-corrected chi connectivity index (χ3v) is 2.68. The highest BCUT2D eigenvalue weighted by molar-refractivity contribution is 5.68. The van der Waals surface area contributed by atoms with Gasteiger partial charge in [0.05, 0.1) is 4.92 Å². The van der Waals surface area contributed by atoms with Crippen molar-refractivity contribution in [2.75, 3.05) is 17.2 Å². The van der Waals surface area contributed by atoms with Crippen molar-refractivity contribution in [1.29, 1.82) is 0 Å². The van der Waals surface area contributed by atoms with E-state index in [1.54, 1.807) is 11.8 Å². The van der Waals surface area contributed by atoms with Gasteiger partial charge in [0, 0.05) is 12.2 Å². The van der Waals surface area contributed by atoms with Gasteiger partial charge in [0.15, 0.2) is 0 Å². The number of nitrogens with two attached hydrogens (primary N) is 1. The molecule has 1 aromatic carbocycles. The van der Waals surface area contributed by atoms with Gasteiger partial charge < -0.3 is 10.6 Å². The Kier molecular flexibility index (Phi) is 3.74. The molecule has 0 amide bonds. The number of hydrogen-bond donors (Lipinski definition) is 1. The first kappa shape index (κ1) is 13.7. The smallest absolute Gasteiger partial charge is 0.330 e. The normalized spacial score (nSPS) is 10.3. The number of nitrogen functional groups attached to an aromatic ring is 1. The SMILES string of the molecule is CCN(c1ccc(F)cc1)c1nc(N)ncc1[N+](=O)[O-]. The zero-order valence-electron chi connectivity index (χ0n) is 10.7. The van der Waals surface area contributed by atoms with Crippen molar-refractivity contribution in [3.05, 3.63) is 46.4 Å². The molecule has 7 nitrogen and oxygen atoms in total. The summed E-state index contributed by atoms with van der Waals surface area (Å²) in [7, 11) is 0. The molecule has 0 saturated carbocycles. The second kappa shape index (κ2) is 5.47. The van der Waals surface area contributed by atoms with Crippen molar-refractivity contribution in [3.63, 3.8) is 0 Å². The average molecular weight is 277 g/mol. The largest absolute Gasteiger partial charge is 0.368 e. The molecule has 0 atom stereocenters. The van der Waals surface area contributed by atoms with E-state index in [4.69, 9.17) is 5.73 Å². The molecule has 0 saturated heterocycles. The van der Waals surface area contributed by atoms with Crippen LogP contribution in [0, 0.1) is 15.9 Å². The van der Waals surface area contributed by atoms with Gasteiger partial charge in [-0.3, -0.25) is 10.1 Å². The maximum absolute atomic E-state index is 13.0. The van der Waals surface area contributed by atoms with Crippen LogP contribution in [0.15, 0.2) is 30.5 Å². The summed E-state index contributed by atoms with van der Waals surface area (Å²) in [5.41, 5.74) is 5.81. The van der Waals surface area contributed by atoms with E-state index in [0.717, 1.165) is 6.20 Å². The molecule has 0 aliphatic carbocycles. The van der Waals surface area contributed by atoms with Crippen LogP contribution in [0.3, 0.4) is 0 Å². The monoisotopic (exact) mass is 277 g/mol. The number of benzene rings is 1. The number of aromatic nitrogens is 2. The second-order valence-corrected chi connectivity index (χ2v) is 3.91. The van der Waals surface area contributed by atoms with Crippen LogP contribution in [0.4, 0.5) is 27.5 Å². The molecular weight excluding hydrogens is 265 g/mol. The third kappa shape index (κ3) is 2.63. The Balaban J connectivity index is 2.53. The molecule has 1 heterocycles. The maximum Gasteiger partial charge on any atom is 0.330 e. The molecule has 104 valence electrons. The minimum absolute atomic E-state index is 0.0637. The van der Waals surface area contributed by atoms with E-state index in [1.165, 1.54) is 24.3 Å². The Hall–Kier alpha value is -2.77. The standard InChI is InChI=1S/C12H12FN5O2/c1-2-17(9-5-3-8(13)4-6-9)11-10(18(19)20)7-15-12(14)16-11/h3-7H,2H2,1H3,(H2,14,15,16). The minimum Gasteiger partial charge on any atom is -0.368 e. The zero-order valence-corrected chi connectivity index (χ0v) is 10.7. The molecule has 0 bridgehead atoms. The van der Waals surface area contributed by atoms with Crippen LogP contribution >= 0.6 is 0 Å². The Morgan fingerprint density at radius 2 is 2.05 bits per heavy atom. The predicted octanol–water partition coefficient (Wildman–Crippen LogP) is 2.26. The molecule has 0 spiro atoms. The van der Waals surface area contributed by atoms with Crippen molar-refractivity contribution in [1.82, 2.24) is 9.97 Å². The van der Waals surface area contributed by atoms with Crippen molar-refractivity contribution in [2.45, 2.75) is 6.92 Å². The van der Waals surface area contributed by atoms with Gasteiger partial charge in [0.1, 0.15) is 12.0 Å². The summed E-state index contributed by atoms with van der Waals surface area (Å²) in [6.07, 6.45) is 1.06. The number of halogens is 1. The molecule has 2 N–H and O–H groups in total. The summed E-state index contributed by atoms with van der Waals surface area (Å²) in [6.45, 7) is 2.20. The number of rotatable bonds is 4. The van der Waals surface area contributed by atoms with Gasteiger partial charge in [-0.1, -0.05) is 0 Å². The first-order valence-corrected chi connectivity index (χ1v) is 5.83. The van der Waals surface area contributed by atoms with Crippen molar-refractivity contribution >= 4 is 23.1 Å². The number of nitro groups is 1. The highest BCUT2D eigenvalue weighted by Gasteiger charge is 2.22. The summed E-state index contributed by atoms with van der Waals surface area (Å²) in [6, 6.07) is 5.57. The van der Waals surface area contributed by atoms with E-state index < -0.39 is 4.92 Å². The van der Waals surface area contributed by atoms with E-state index in [-0.39, 0.29) is 23.3 Å². The third-order valence-electron chi connectivity index (χ3n) is 2.68. The van der Waals surface area contributed by atoms with Crippen LogP contribution in [-0.4, -0.2) is 21.4 Å². The molecule has 2 aromatic rings. The number of anilines is 3. The molecular formula is C12H12FN5O2. The molecule has 2 rings (SSSR count). The number of nitrogens with zero attached hydrogens (tertiary/aromatic N) is 4. The summed E-state index contributed by atoms with van der Waals surface area (Å²) in [5.74, 6) is -0.371. The summed E-state index contributed by atoms with van der Waals surface area (Å²) < 4.78 is 13.0. The van der Waals surface area contributed by atoms with Crippen LogP contribution in [0.5, 0.6) is 0 Å². The zero-order chi connectivity index (χ0) is 14.7. The van der Waals surface area contributed by atoms with Gasteiger partial charge in [-0.2, -0.15) is 4.98 Å². The molecule has 0 unspecified atom stereocenters. The van der Waals surface area contributed by atoms with Crippen molar-refractivity contribution in [3.8, 4) is 0 Å². The number of hydrogen-bond acceptors (Lipinski definition) is 6. The molecule has 0 aliphatic rings. The van der Waals surface area contributed by atoms with Gasteiger partial charge in [0.2, 0.25) is 11.8 Å². The summed E-state index contributed by atoms with van der Waals surface area (Å²) in [4.78, 5) is 19.6. The van der Waals surface area contributed by atoms with E-state index in [2.05, 4.69) is 9.97 Å². The fourth-order valence-electron chi connectivity index (χ4n) is 1.78. The highest BCUT2D eigenvalue weighted by Crippen LogP contribution is 2.31. The topological polar surface area (TPSA) is 98.2 Å². The molecule has 8 heteroatoms. The van der Waals surface area contributed by atoms with E-state index in [1.807, 2.05) is 0 Å². The van der Waals surface area contributed by atoms with Gasteiger partial charge in [-0.15, -0.1) is 0 Å². The molecule has 0 fully saturated rings. The van der Waals surface area contributed by atoms with Crippen LogP contribution in [0.25, 0.3) is 0 Å². The van der Waals surface area contributed by atoms with Crippen molar-refractivity contribution in [2.24, 2.45) is 0 Å². The first-order valence-electron chi connectivity index (χ1n) is 5.83. The van der Waals surface area contributed by atoms with Crippen LogP contribution in [0.1, 0.15) is 6.92 Å². The van der Waals surface area contributed by atoms with E-state index >= 15 is 0 Å². The molecule has 0 aliphatic heterocycles. The Labute approximate surface area is 114 Å². The van der Waals surface area contributed by atoms with Gasteiger partial charge in [0.25, 0.3) is 0 Å². The van der Waals surface area contributed by atoms with Crippen LogP contribution in [-0.2, 0) is 0 Å². The lowest BCUT2D eigenvalue weighted by Crippen LogP contribution is -2.19. The maximum atomic E-state index is 13.0. The Bertz CT molecular complexity index is 632. The van der Waals surface area contributed by atoms with Gasteiger partial charge in [-0.05, 0) is 31.2 Å². The predicted molar refractivity (Wildman–Crippen MR) is 72.2 cm³/mol. The Morgan fingerprint density at radius 1 is 1.40 bits per heavy atom. The lowest BCUT2D eigenvalue weighted by atomic mass is 10.2. The van der Waals surface area contributed by atoms with Crippen LogP contribution < -0.4 is 10.6 Å². The lowest BCUT2D eigenvalue weighted by Gasteiger charge is -2.21. The Morgan fingerprint density at radius 3 is 2.60 bits per heavy atom. The second-order valence-electron chi connectivity index (χ2n) is 3.91. The average Bonchev–Trinajstić information content (AvgIpc) is 2.41. The summed E-state index contributed by atoms with van der Waals surface area (Å²) in [5, 5.41) is 11.0. The molecule has 0 radical (unpaired) electrons. The van der Waals surface area contributed by atoms with E-state index in [0.29, 0.717) is 12.2 Å². The van der Waals surface area contributed by atoms with Gasteiger partial charge >= 0.3 is 5.69 Å². The fraction of sp³-hybridized carbons (Fsp3) is 0.167. The molecule has 1 aromatic heterocycles. The van der Waals surface area contributed by atoms with Crippen molar-refractivity contribution < 1.29 is 9.31 Å². The minimum atomic E-state index is -0.582. The molecule has 20 heavy (non-hydrogen) atoms. The van der Waals surface area contributed by atoms with E-state index in [9.17, 15) is 14.5 Å². The lowest BCUT2D eigenvalue weighted by molar-refractivity contribution is -0.384.